The van der Waals surface area contributed by atoms with E-state index < -0.39 is 42.3 Å². The molecule has 0 saturated carbocycles. The number of hydrogen-bond acceptors (Lipinski definition) is 4. The Morgan fingerprint density at radius 3 is 2.02 bits per heavy atom. The number of hydrogen-bond donors (Lipinski definition) is 0. The van der Waals surface area contributed by atoms with E-state index in [0.717, 1.165) is 31.3 Å². The van der Waals surface area contributed by atoms with Crippen LogP contribution in [0.4, 0.5) is 0 Å². The fourth-order valence-electron chi connectivity index (χ4n) is 6.61. The second-order valence-corrected chi connectivity index (χ2v) is 12.9. The standard InChI is InChI=1S/C45H28N4S/c1-3-13-29(14-4-1)31-17-11-18-32(27-31)43-46-44(33-25-26-37-36-20-8-10-24-40(36)50-41(37)28-33)48-45(47-43)49-39-23-9-7-19-35(39)38-22-12-21-34(42(38)49)30-15-5-2-6-16-30/h1-28H/i2D,5D,6D,7D,9D,15D,16D,19D,23D. The number of aromatic nitrogens is 4. The molecule has 0 amide bonds. The Bertz CT molecular complexity index is 3370. The molecule has 0 spiro atoms. The van der Waals surface area contributed by atoms with Crippen molar-refractivity contribution >= 4 is 53.3 Å². The lowest BCUT2D eigenvalue weighted by atomic mass is 10.0. The Balaban J connectivity index is 1.34. The lowest BCUT2D eigenvalue weighted by Crippen LogP contribution is -2.07. The Morgan fingerprint density at radius 1 is 0.460 bits per heavy atom. The summed E-state index contributed by atoms with van der Waals surface area (Å²) >= 11 is 1.65. The van der Waals surface area contributed by atoms with Crippen molar-refractivity contribution in [2.75, 3.05) is 0 Å². The van der Waals surface area contributed by atoms with E-state index in [-0.39, 0.29) is 51.4 Å². The minimum absolute atomic E-state index is 0.0106. The molecule has 0 bridgehead atoms. The predicted octanol–water partition coefficient (Wildman–Crippen LogP) is 12.0. The first-order chi connectivity index (χ1) is 28.5. The van der Waals surface area contributed by atoms with Crippen molar-refractivity contribution in [3.63, 3.8) is 0 Å². The molecule has 50 heavy (non-hydrogen) atoms. The van der Waals surface area contributed by atoms with E-state index in [2.05, 4.69) is 12.1 Å². The van der Waals surface area contributed by atoms with E-state index in [0.29, 0.717) is 22.3 Å². The van der Waals surface area contributed by atoms with Gasteiger partial charge in [-0.05, 0) is 40.9 Å². The second-order valence-electron chi connectivity index (χ2n) is 11.8. The number of nitrogens with zero attached hydrogens (tertiary/aromatic N) is 4. The molecule has 5 heteroatoms. The molecule has 0 aliphatic rings. The highest BCUT2D eigenvalue weighted by atomic mass is 32.1. The summed E-state index contributed by atoms with van der Waals surface area (Å²) in [6.45, 7) is 0. The van der Waals surface area contributed by atoms with Gasteiger partial charge in [-0.3, -0.25) is 4.57 Å². The second kappa shape index (κ2) is 11.6. The maximum atomic E-state index is 9.27. The smallest absolute Gasteiger partial charge is 0.238 e. The Morgan fingerprint density at radius 2 is 1.14 bits per heavy atom. The molecule has 234 valence electrons. The third-order valence-electron chi connectivity index (χ3n) is 8.88. The van der Waals surface area contributed by atoms with Crippen LogP contribution in [0.2, 0.25) is 0 Å². The van der Waals surface area contributed by atoms with Crippen molar-refractivity contribution in [3.8, 4) is 51.0 Å². The topological polar surface area (TPSA) is 43.6 Å². The van der Waals surface area contributed by atoms with Crippen molar-refractivity contribution in [3.05, 3.63) is 170 Å². The highest BCUT2D eigenvalue weighted by Crippen LogP contribution is 2.39. The Labute approximate surface area is 305 Å². The molecule has 3 aromatic heterocycles. The van der Waals surface area contributed by atoms with Crippen molar-refractivity contribution in [2.45, 2.75) is 0 Å². The van der Waals surface area contributed by atoms with Gasteiger partial charge >= 0.3 is 0 Å². The van der Waals surface area contributed by atoms with Crippen LogP contribution in [0.25, 0.3) is 93.0 Å². The Kier molecular flexibility index (Phi) is 4.84. The zero-order valence-electron chi connectivity index (χ0n) is 35.2. The van der Waals surface area contributed by atoms with Gasteiger partial charge in [0, 0.05) is 47.6 Å². The molecule has 0 radical (unpaired) electrons. The van der Waals surface area contributed by atoms with E-state index in [1.54, 1.807) is 29.5 Å². The van der Waals surface area contributed by atoms with Crippen LogP contribution >= 0.6 is 11.3 Å². The van der Waals surface area contributed by atoms with Crippen molar-refractivity contribution in [2.24, 2.45) is 0 Å². The van der Waals surface area contributed by atoms with Gasteiger partial charge in [-0.15, -0.1) is 11.3 Å². The van der Waals surface area contributed by atoms with E-state index >= 15 is 0 Å². The number of fused-ring (bicyclic) bond motifs is 6. The summed E-state index contributed by atoms with van der Waals surface area (Å²) in [4.78, 5) is 15.1. The molecular formula is C45H28N4S. The molecule has 0 N–H and O–H groups in total. The molecule has 7 aromatic carbocycles. The van der Waals surface area contributed by atoms with Crippen LogP contribution < -0.4 is 0 Å². The molecule has 10 aromatic rings. The molecule has 0 aliphatic heterocycles. The largest absolute Gasteiger partial charge is 0.277 e. The number of rotatable bonds is 5. The summed E-state index contributed by atoms with van der Waals surface area (Å²) in [5, 5.41) is 2.74. The first kappa shape index (κ1) is 20.8. The summed E-state index contributed by atoms with van der Waals surface area (Å²) in [7, 11) is 0. The molecule has 0 aliphatic carbocycles. The fourth-order valence-corrected chi connectivity index (χ4v) is 7.75. The maximum absolute atomic E-state index is 9.27. The van der Waals surface area contributed by atoms with Gasteiger partial charge in [-0.25, -0.2) is 4.98 Å². The van der Waals surface area contributed by atoms with Crippen molar-refractivity contribution in [1.82, 2.24) is 19.5 Å². The zero-order valence-corrected chi connectivity index (χ0v) is 27.0. The highest BCUT2D eigenvalue weighted by molar-refractivity contribution is 7.25. The SMILES string of the molecule is [2H]c1c([2H])c([2H])c(-c2cccc3c4c([2H])c([2H])c([2H])c([2H])c4n(-c4nc(-c5cccc(-c6ccccc6)c5)nc(-c5ccc6c(c5)sc5ccccc56)n4)c23)c([2H])c1[2H]. The summed E-state index contributed by atoms with van der Waals surface area (Å²) in [6.07, 6.45) is 0. The molecule has 4 nitrogen and oxygen atoms in total. The third-order valence-corrected chi connectivity index (χ3v) is 10.0. The van der Waals surface area contributed by atoms with Crippen LogP contribution in [-0.4, -0.2) is 19.5 Å². The first-order valence-electron chi connectivity index (χ1n) is 20.5. The average molecular weight is 666 g/mol. The minimum Gasteiger partial charge on any atom is -0.277 e. The third kappa shape index (κ3) is 4.71. The lowest BCUT2D eigenvalue weighted by Gasteiger charge is -2.13. The first-order valence-corrected chi connectivity index (χ1v) is 16.8. The Hall–Kier alpha value is -6.43. The van der Waals surface area contributed by atoms with E-state index in [4.69, 9.17) is 25.9 Å². The minimum atomic E-state index is -0.545. The van der Waals surface area contributed by atoms with Gasteiger partial charge in [0.15, 0.2) is 11.6 Å². The summed E-state index contributed by atoms with van der Waals surface area (Å²) < 4.78 is 82.6. The van der Waals surface area contributed by atoms with E-state index in [1.807, 2.05) is 84.9 Å². The van der Waals surface area contributed by atoms with Crippen LogP contribution in [0.15, 0.2) is 170 Å². The van der Waals surface area contributed by atoms with E-state index in [9.17, 15) is 1.37 Å². The van der Waals surface area contributed by atoms with Crippen LogP contribution in [0, 0.1) is 0 Å². The summed E-state index contributed by atoms with van der Waals surface area (Å²) in [5.41, 5.74) is 3.67. The van der Waals surface area contributed by atoms with E-state index in [1.165, 1.54) is 4.57 Å². The molecule has 0 fully saturated rings. The molecular weight excluding hydrogens is 629 g/mol. The van der Waals surface area contributed by atoms with Gasteiger partial charge in [0.1, 0.15) is 0 Å². The van der Waals surface area contributed by atoms with Crippen LogP contribution in [-0.2, 0) is 0 Å². The molecule has 10 rings (SSSR count). The monoisotopic (exact) mass is 665 g/mol. The fraction of sp³-hybridized carbons (Fsp3) is 0. The number of benzene rings is 7. The van der Waals surface area contributed by atoms with Crippen LogP contribution in [0.5, 0.6) is 0 Å². The summed E-state index contributed by atoms with van der Waals surface area (Å²) in [5.74, 6) is 0.595. The van der Waals surface area contributed by atoms with Gasteiger partial charge in [-0.2, -0.15) is 9.97 Å². The van der Waals surface area contributed by atoms with Crippen LogP contribution in [0.1, 0.15) is 12.3 Å². The highest BCUT2D eigenvalue weighted by Gasteiger charge is 2.21. The van der Waals surface area contributed by atoms with Gasteiger partial charge < -0.3 is 0 Å². The average Bonchev–Trinajstić information content (AvgIpc) is 3.83. The predicted molar refractivity (Wildman–Crippen MR) is 209 cm³/mol. The molecule has 0 unspecified atom stereocenters. The van der Waals surface area contributed by atoms with Gasteiger partial charge in [0.05, 0.1) is 23.4 Å². The lowest BCUT2D eigenvalue weighted by molar-refractivity contribution is 0.954. The number of para-hydroxylation sites is 2. The quantitative estimate of drug-likeness (QED) is 0.184. The molecule has 0 atom stereocenters. The zero-order chi connectivity index (χ0) is 40.9. The maximum Gasteiger partial charge on any atom is 0.238 e. The summed E-state index contributed by atoms with van der Waals surface area (Å²) in [6, 6.07) is 32.8. The number of thiophene rings is 1. The normalized spacial score (nSPS) is 14.1. The van der Waals surface area contributed by atoms with Crippen LogP contribution in [0.3, 0.4) is 0 Å². The molecule has 0 saturated heterocycles. The molecule has 3 heterocycles. The van der Waals surface area contributed by atoms with Crippen molar-refractivity contribution in [1.29, 1.82) is 0 Å². The van der Waals surface area contributed by atoms with Gasteiger partial charge in [-0.1, -0.05) is 145 Å². The van der Waals surface area contributed by atoms with Crippen molar-refractivity contribution < 1.29 is 12.3 Å². The van der Waals surface area contributed by atoms with Gasteiger partial charge in [0.2, 0.25) is 5.95 Å². The van der Waals surface area contributed by atoms with Gasteiger partial charge in [0.25, 0.3) is 0 Å².